The van der Waals surface area contributed by atoms with E-state index in [-0.39, 0.29) is 11.7 Å². The van der Waals surface area contributed by atoms with E-state index >= 15 is 0 Å². The molecule has 0 bridgehead atoms. The molecule has 0 spiro atoms. The van der Waals surface area contributed by atoms with Crippen LogP contribution >= 0.6 is 23.1 Å². The van der Waals surface area contributed by atoms with Crippen molar-refractivity contribution in [3.05, 3.63) is 84.9 Å². The van der Waals surface area contributed by atoms with Gasteiger partial charge in [0, 0.05) is 5.56 Å². The summed E-state index contributed by atoms with van der Waals surface area (Å²) in [5.74, 6) is 0.797. The molecule has 8 heteroatoms. The summed E-state index contributed by atoms with van der Waals surface area (Å²) in [6.45, 7) is 0. The van der Waals surface area contributed by atoms with Crippen LogP contribution in [0.5, 0.6) is 0 Å². The van der Waals surface area contributed by atoms with Gasteiger partial charge in [0.15, 0.2) is 11.0 Å². The Balaban J connectivity index is 1.34. The van der Waals surface area contributed by atoms with Crippen LogP contribution in [0, 0.1) is 0 Å². The summed E-state index contributed by atoms with van der Waals surface area (Å²) in [5, 5.41) is 8.66. The van der Waals surface area contributed by atoms with Crippen LogP contribution < -0.4 is 5.32 Å². The molecular weight excluding hydrogens is 426 g/mol. The number of thioether (sulfide) groups is 1. The van der Waals surface area contributed by atoms with Gasteiger partial charge in [0.25, 0.3) is 0 Å². The largest absolute Gasteiger partial charge is 0.301 e. The van der Waals surface area contributed by atoms with Gasteiger partial charge in [0.2, 0.25) is 11.1 Å². The van der Waals surface area contributed by atoms with E-state index in [1.165, 1.54) is 23.1 Å². The third-order valence-corrected chi connectivity index (χ3v) is 6.28. The summed E-state index contributed by atoms with van der Waals surface area (Å²) in [6.07, 6.45) is 0. The molecule has 1 N–H and O–H groups in total. The van der Waals surface area contributed by atoms with Crippen molar-refractivity contribution < 1.29 is 4.79 Å². The summed E-state index contributed by atoms with van der Waals surface area (Å²) in [5.41, 5.74) is 2.76. The molecular formula is C23H17N5OS2. The molecule has 0 unspecified atom stereocenters. The molecule has 0 radical (unpaired) electrons. The zero-order valence-electron chi connectivity index (χ0n) is 16.3. The number of nitrogens with zero attached hydrogens (tertiary/aromatic N) is 4. The van der Waals surface area contributed by atoms with Crippen molar-refractivity contribution in [3.63, 3.8) is 0 Å². The first-order chi connectivity index (χ1) is 15.3. The zero-order valence-corrected chi connectivity index (χ0v) is 17.9. The highest BCUT2D eigenvalue weighted by Gasteiger charge is 2.15. The Bertz CT molecular complexity index is 1240. The fourth-order valence-corrected chi connectivity index (χ4v) is 4.59. The lowest BCUT2D eigenvalue weighted by Gasteiger charge is -2.05. The minimum absolute atomic E-state index is 0.138. The van der Waals surface area contributed by atoms with Crippen molar-refractivity contribution >= 4 is 44.4 Å². The van der Waals surface area contributed by atoms with Gasteiger partial charge < -0.3 is 5.32 Å². The number of hydrogen-bond acceptors (Lipinski definition) is 6. The highest BCUT2D eigenvalue weighted by Crippen LogP contribution is 2.27. The van der Waals surface area contributed by atoms with Gasteiger partial charge in [-0.25, -0.2) is 14.6 Å². The maximum absolute atomic E-state index is 12.5. The minimum Gasteiger partial charge on any atom is -0.301 e. The van der Waals surface area contributed by atoms with Crippen LogP contribution in [0.15, 0.2) is 90.1 Å². The summed E-state index contributed by atoms with van der Waals surface area (Å²) in [6, 6.07) is 27.6. The second-order valence-corrected chi connectivity index (χ2v) is 8.63. The Labute approximate surface area is 187 Å². The summed E-state index contributed by atoms with van der Waals surface area (Å²) >= 11 is 2.76. The van der Waals surface area contributed by atoms with Gasteiger partial charge in [-0.2, -0.15) is 0 Å². The number of para-hydroxylation sites is 2. The predicted molar refractivity (Wildman–Crippen MR) is 126 cm³/mol. The molecule has 0 saturated carbocycles. The van der Waals surface area contributed by atoms with E-state index < -0.39 is 0 Å². The summed E-state index contributed by atoms with van der Waals surface area (Å²) in [7, 11) is 0. The molecule has 0 atom stereocenters. The van der Waals surface area contributed by atoms with Gasteiger partial charge in [-0.3, -0.25) is 4.79 Å². The molecule has 3 aromatic carbocycles. The Morgan fingerprint density at radius 1 is 0.903 bits per heavy atom. The van der Waals surface area contributed by atoms with E-state index in [1.54, 1.807) is 0 Å². The first kappa shape index (κ1) is 19.5. The topological polar surface area (TPSA) is 72.7 Å². The Morgan fingerprint density at radius 3 is 2.39 bits per heavy atom. The maximum Gasteiger partial charge on any atom is 0.236 e. The molecule has 31 heavy (non-hydrogen) atoms. The summed E-state index contributed by atoms with van der Waals surface area (Å²) in [4.78, 5) is 21.6. The molecule has 1 amide bonds. The molecule has 6 nitrogen and oxygen atoms in total. The number of fused-ring (bicyclic) bond motifs is 1. The van der Waals surface area contributed by atoms with Gasteiger partial charge in [-0.15, -0.1) is 5.10 Å². The molecule has 5 aromatic rings. The molecule has 2 heterocycles. The molecule has 5 rings (SSSR count). The van der Waals surface area contributed by atoms with Crippen molar-refractivity contribution in [2.45, 2.75) is 5.16 Å². The lowest BCUT2D eigenvalue weighted by molar-refractivity contribution is -0.113. The molecule has 2 aromatic heterocycles. The molecule has 0 aliphatic rings. The lowest BCUT2D eigenvalue weighted by atomic mass is 10.2. The molecule has 0 aliphatic heterocycles. The number of nitrogens with one attached hydrogen (secondary N) is 1. The van der Waals surface area contributed by atoms with E-state index in [1.807, 2.05) is 89.6 Å². The third kappa shape index (κ3) is 4.35. The molecule has 0 aliphatic carbocycles. The monoisotopic (exact) mass is 443 g/mol. The van der Waals surface area contributed by atoms with E-state index in [4.69, 9.17) is 4.98 Å². The van der Waals surface area contributed by atoms with Crippen LogP contribution in [0.25, 0.3) is 27.3 Å². The average molecular weight is 444 g/mol. The van der Waals surface area contributed by atoms with Gasteiger partial charge in [-0.05, 0) is 24.3 Å². The average Bonchev–Trinajstić information content (AvgIpc) is 3.42. The van der Waals surface area contributed by atoms with E-state index in [9.17, 15) is 4.79 Å². The van der Waals surface area contributed by atoms with E-state index in [0.29, 0.717) is 10.3 Å². The van der Waals surface area contributed by atoms with Crippen molar-refractivity contribution in [2.24, 2.45) is 0 Å². The molecule has 0 fully saturated rings. The van der Waals surface area contributed by atoms with Crippen LogP contribution in [0.1, 0.15) is 0 Å². The number of hydrogen-bond donors (Lipinski definition) is 1. The molecule has 152 valence electrons. The number of benzene rings is 3. The first-order valence-corrected chi connectivity index (χ1v) is 11.4. The lowest BCUT2D eigenvalue weighted by Crippen LogP contribution is -2.13. The van der Waals surface area contributed by atoms with Crippen LogP contribution in [0.4, 0.5) is 5.13 Å². The van der Waals surface area contributed by atoms with E-state index in [0.717, 1.165) is 27.3 Å². The molecule has 0 saturated heterocycles. The van der Waals surface area contributed by atoms with Crippen molar-refractivity contribution in [2.75, 3.05) is 11.1 Å². The fraction of sp³-hybridized carbons (Fsp3) is 0.0435. The number of thiazole rings is 1. The highest BCUT2D eigenvalue weighted by atomic mass is 32.2. The quantitative estimate of drug-likeness (QED) is 0.362. The minimum atomic E-state index is -0.138. The Kier molecular flexibility index (Phi) is 5.47. The second kappa shape index (κ2) is 8.71. The first-order valence-electron chi connectivity index (χ1n) is 9.62. The third-order valence-electron chi connectivity index (χ3n) is 4.49. The SMILES string of the molecule is O=C(CSc1nc(-c2ccccc2)n(-c2ccccc2)n1)Nc1nc2ccccc2s1. The van der Waals surface area contributed by atoms with Crippen LogP contribution in [0.3, 0.4) is 0 Å². The van der Waals surface area contributed by atoms with Crippen molar-refractivity contribution in [1.82, 2.24) is 19.7 Å². The standard InChI is InChI=1S/C23H17N5OS2/c29-20(25-22-24-18-13-7-8-14-19(18)31-22)15-30-23-26-21(16-9-3-1-4-10-16)28(27-23)17-11-5-2-6-12-17/h1-14H,15H2,(H,24,25,29). The predicted octanol–water partition coefficient (Wildman–Crippen LogP) is 5.27. The normalized spacial score (nSPS) is 11.0. The van der Waals surface area contributed by atoms with Crippen LogP contribution in [-0.4, -0.2) is 31.4 Å². The number of anilines is 1. The summed E-state index contributed by atoms with van der Waals surface area (Å²) < 4.78 is 2.85. The Morgan fingerprint density at radius 2 is 1.61 bits per heavy atom. The Hall–Kier alpha value is -3.49. The van der Waals surface area contributed by atoms with Gasteiger partial charge >= 0.3 is 0 Å². The van der Waals surface area contributed by atoms with Crippen LogP contribution in [0.2, 0.25) is 0 Å². The van der Waals surface area contributed by atoms with Gasteiger partial charge in [0.05, 0.1) is 21.7 Å². The van der Waals surface area contributed by atoms with Gasteiger partial charge in [-0.1, -0.05) is 83.8 Å². The highest BCUT2D eigenvalue weighted by molar-refractivity contribution is 7.99. The fourth-order valence-electron chi connectivity index (χ4n) is 3.09. The van der Waals surface area contributed by atoms with E-state index in [2.05, 4.69) is 15.4 Å². The van der Waals surface area contributed by atoms with Crippen molar-refractivity contribution in [1.29, 1.82) is 0 Å². The zero-order chi connectivity index (χ0) is 21.0. The number of carbonyl (C=O) groups excluding carboxylic acids is 1. The van der Waals surface area contributed by atoms with Crippen LogP contribution in [-0.2, 0) is 4.79 Å². The van der Waals surface area contributed by atoms with Gasteiger partial charge in [0.1, 0.15) is 0 Å². The maximum atomic E-state index is 12.5. The number of rotatable bonds is 6. The number of aromatic nitrogens is 4. The smallest absolute Gasteiger partial charge is 0.236 e. The van der Waals surface area contributed by atoms with Crippen molar-refractivity contribution in [3.8, 4) is 17.1 Å². The second-order valence-electron chi connectivity index (χ2n) is 6.65. The number of amides is 1. The number of carbonyl (C=O) groups is 1.